The van der Waals surface area contributed by atoms with E-state index in [4.69, 9.17) is 53.6 Å². The van der Waals surface area contributed by atoms with E-state index in [1.807, 2.05) is 0 Å². The molecule has 0 aromatic carbocycles. The van der Waals surface area contributed by atoms with E-state index in [9.17, 15) is 49.1 Å². The summed E-state index contributed by atoms with van der Waals surface area (Å²) >= 11 is 11.7. The van der Waals surface area contributed by atoms with Gasteiger partial charge in [-0.2, -0.15) is 4.31 Å². The second kappa shape index (κ2) is 17.1. The van der Waals surface area contributed by atoms with Crippen molar-refractivity contribution in [1.82, 2.24) is 39.0 Å². The van der Waals surface area contributed by atoms with Gasteiger partial charge >= 0.3 is 29.1 Å². The number of aliphatic hydroxyl groups is 4. The Balaban J connectivity index is 1.02. The lowest BCUT2D eigenvalue weighted by atomic mass is 10.1. The first-order chi connectivity index (χ1) is 26.5. The molecular formula is C22H32N10O17P4S4. The molecule has 2 aliphatic rings. The predicted molar refractivity (Wildman–Crippen MR) is 203 cm³/mol. The van der Waals surface area contributed by atoms with E-state index in [0.717, 1.165) is 0 Å². The summed E-state index contributed by atoms with van der Waals surface area (Å²) in [6.45, 7) is -11.5. The smallest absolute Gasteiger partial charge is 0.387 e. The summed E-state index contributed by atoms with van der Waals surface area (Å²) in [7, 11) is -11.8. The number of thioether (sulfide) groups is 2. The van der Waals surface area contributed by atoms with Crippen LogP contribution in [0.4, 0.5) is 11.6 Å². The fraction of sp³-hybridized carbons (Fsp3) is 0.545. The number of imidazole rings is 2. The molecule has 4 aromatic rings. The van der Waals surface area contributed by atoms with E-state index in [0.29, 0.717) is 0 Å². The highest BCUT2D eigenvalue weighted by molar-refractivity contribution is 8.09. The van der Waals surface area contributed by atoms with Gasteiger partial charge in [0.25, 0.3) is 0 Å². The molecule has 316 valence electrons. The Morgan fingerprint density at radius 3 is 1.40 bits per heavy atom. The van der Waals surface area contributed by atoms with Crippen LogP contribution in [0.1, 0.15) is 12.5 Å². The van der Waals surface area contributed by atoms with Crippen LogP contribution in [0.15, 0.2) is 23.0 Å². The molecule has 4 aromatic heterocycles. The van der Waals surface area contributed by atoms with Crippen LogP contribution in [0.5, 0.6) is 0 Å². The Bertz CT molecular complexity index is 2190. The van der Waals surface area contributed by atoms with Gasteiger partial charge in [0.05, 0.1) is 25.9 Å². The maximum atomic E-state index is 12.6. The van der Waals surface area contributed by atoms with Crippen LogP contribution < -0.4 is 11.5 Å². The third-order valence-corrected chi connectivity index (χ3v) is 16.7. The van der Waals surface area contributed by atoms with Gasteiger partial charge in [0.2, 0.25) is 0 Å². The van der Waals surface area contributed by atoms with E-state index in [1.54, 1.807) is 12.5 Å². The van der Waals surface area contributed by atoms with Crippen LogP contribution >= 0.6 is 52.6 Å². The minimum Gasteiger partial charge on any atom is -0.387 e. The predicted octanol–water partition coefficient (Wildman–Crippen LogP) is -0.770. The van der Waals surface area contributed by atoms with Crippen molar-refractivity contribution in [3.8, 4) is 0 Å². The van der Waals surface area contributed by atoms with Gasteiger partial charge in [0.15, 0.2) is 45.7 Å². The fourth-order valence-electron chi connectivity index (χ4n) is 5.39. The first-order valence-corrected chi connectivity index (χ1v) is 26.0. The third-order valence-electron chi connectivity index (χ3n) is 7.87. The average Bonchev–Trinajstić information content (AvgIpc) is 3.86. The summed E-state index contributed by atoms with van der Waals surface area (Å²) in [6.07, 6.45) is -6.40. The van der Waals surface area contributed by atoms with Crippen molar-refractivity contribution >= 4 is 110 Å². The third kappa shape index (κ3) is 10.0. The Labute approximate surface area is 337 Å². The molecule has 2 saturated heterocycles. The summed E-state index contributed by atoms with van der Waals surface area (Å²) in [6, 6.07) is 0. The number of aromatic nitrogens is 8. The summed E-state index contributed by atoms with van der Waals surface area (Å²) in [5.41, 5.74) is 12.5. The average molecular weight is 961 g/mol. The van der Waals surface area contributed by atoms with Crippen LogP contribution in [0.25, 0.3) is 22.3 Å². The maximum Gasteiger partial charge on any atom is 0.488 e. The molecule has 4 unspecified atom stereocenters. The van der Waals surface area contributed by atoms with Crippen molar-refractivity contribution in [3.05, 3.63) is 12.7 Å². The number of hydrogen-bond donors (Lipinski definition) is 10. The van der Waals surface area contributed by atoms with Crippen LogP contribution in [-0.2, 0) is 64.2 Å². The molecule has 2 fully saturated rings. The minimum absolute atomic E-state index is 0.0380. The highest BCUT2D eigenvalue weighted by atomic mass is 32.5. The molecule has 12 atom stereocenters. The second-order valence-corrected chi connectivity index (χ2v) is 22.2. The number of hydrogen-bond acceptors (Lipinski definition) is 25. The Morgan fingerprint density at radius 2 is 1.05 bits per heavy atom. The number of nitrogen functional groups attached to an aromatic ring is 2. The van der Waals surface area contributed by atoms with Gasteiger partial charge in [-0.3, -0.25) is 9.13 Å². The first kappa shape index (κ1) is 45.1. The summed E-state index contributed by atoms with van der Waals surface area (Å²) < 4.78 is 61.9. The number of aliphatic hydroxyl groups excluding tert-OH is 4. The molecule has 0 bridgehead atoms. The van der Waals surface area contributed by atoms with E-state index in [2.05, 4.69) is 42.8 Å². The van der Waals surface area contributed by atoms with Gasteiger partial charge in [-0.15, -0.1) is 0 Å². The second-order valence-electron chi connectivity index (χ2n) is 11.6. The van der Waals surface area contributed by atoms with E-state index in [1.165, 1.54) is 45.3 Å². The number of ether oxygens (including phenoxy) is 2. The van der Waals surface area contributed by atoms with Gasteiger partial charge in [-0.25, -0.2) is 47.7 Å². The van der Waals surface area contributed by atoms with E-state index >= 15 is 0 Å². The topological polar surface area (TPSA) is 400 Å². The summed E-state index contributed by atoms with van der Waals surface area (Å²) in [5.74, 6) is 0.0760. The molecule has 6 heterocycles. The summed E-state index contributed by atoms with van der Waals surface area (Å²) in [5, 5.41) is 43.2. The van der Waals surface area contributed by atoms with Gasteiger partial charge in [-0.1, -0.05) is 23.5 Å². The van der Waals surface area contributed by atoms with Crippen molar-refractivity contribution in [2.45, 2.75) is 59.4 Å². The molecule has 35 heteroatoms. The highest BCUT2D eigenvalue weighted by Gasteiger charge is 2.48. The molecule has 0 aliphatic carbocycles. The zero-order valence-electron chi connectivity index (χ0n) is 28.6. The lowest BCUT2D eigenvalue weighted by Gasteiger charge is -2.24. The summed E-state index contributed by atoms with van der Waals surface area (Å²) in [4.78, 5) is 66.1. The van der Waals surface area contributed by atoms with Crippen LogP contribution in [0, 0.1) is 0 Å². The SMILES string of the molecule is CSc1nc(N)c2ncn([C@@H]3O[C@H](COP(O)(=S)OP(=O)(O)OP(=O)(O)OP(O)(=S)OC[C@H]4O[C@@H](n5cnc6c(N)nc(SC)nc65)[C@H](O)[C@@H]4O)[C@@H](O)[C@H]3O)c2n1. The number of fused-ring (bicyclic) bond motifs is 2. The lowest BCUT2D eigenvalue weighted by Crippen LogP contribution is -2.33. The molecule has 0 saturated carbocycles. The molecule has 2 aliphatic heterocycles. The van der Waals surface area contributed by atoms with Crippen molar-refractivity contribution in [2.24, 2.45) is 0 Å². The van der Waals surface area contributed by atoms with Gasteiger partial charge in [-0.05, 0) is 36.1 Å². The largest absolute Gasteiger partial charge is 0.488 e. The van der Waals surface area contributed by atoms with E-state index < -0.39 is 91.4 Å². The zero-order valence-corrected chi connectivity index (χ0v) is 35.4. The number of rotatable bonds is 16. The molecule has 57 heavy (non-hydrogen) atoms. The number of nitrogens with two attached hydrogens (primary N) is 2. The van der Waals surface area contributed by atoms with Gasteiger partial charge in [0, 0.05) is 0 Å². The van der Waals surface area contributed by atoms with Crippen molar-refractivity contribution in [3.63, 3.8) is 0 Å². The number of phosphoric acid groups is 2. The van der Waals surface area contributed by atoms with Crippen molar-refractivity contribution in [1.29, 1.82) is 0 Å². The molecule has 0 amide bonds. The lowest BCUT2D eigenvalue weighted by molar-refractivity contribution is -0.0488. The van der Waals surface area contributed by atoms with Crippen molar-refractivity contribution in [2.75, 3.05) is 37.2 Å². The number of nitrogens with zero attached hydrogens (tertiary/aromatic N) is 8. The molecule has 12 N–H and O–H groups in total. The Morgan fingerprint density at radius 1 is 0.684 bits per heavy atom. The van der Waals surface area contributed by atoms with Crippen LogP contribution in [-0.4, -0.2) is 141 Å². The van der Waals surface area contributed by atoms with Gasteiger partial charge in [0.1, 0.15) is 47.7 Å². The molecule has 0 spiro atoms. The molecule has 6 rings (SSSR count). The van der Waals surface area contributed by atoms with E-state index in [-0.39, 0.29) is 44.3 Å². The molecular weight excluding hydrogens is 928 g/mol. The van der Waals surface area contributed by atoms with Crippen molar-refractivity contribution < 1.29 is 80.6 Å². The van der Waals surface area contributed by atoms with Gasteiger partial charge < -0.3 is 70.0 Å². The first-order valence-electron chi connectivity index (χ1n) is 15.4. The normalized spacial score (nSPS) is 29.6. The standard InChI is InChI=1S/C22H32N10O17P4S4/c1-56-21-27-15(23)9-17(29-21)31(5-25-9)19-13(35)11(33)7(45-19)3-43-52(41,54)48-50(37,38)47-51(39,40)49-53(42,55)44-4-8-12(34)14(36)20(46-8)32-6-26-10-16(24)28-22(57-2)30-18(10)32/h5-8,11-14,19-20,33-36H,3-4H2,1-2H3,(H,37,38)(H,39,40)(H,41,54)(H,42,55)(H2,23,27,29)(H2,24,28,30)/t7-,8-,11-,12-,13-,14-,19-,20-,52?,53?/m1/s1. The fourth-order valence-corrected chi connectivity index (χ4v) is 13.0. The quantitative estimate of drug-likeness (QED) is 0.0374. The number of anilines is 2. The Kier molecular flexibility index (Phi) is 13.6. The maximum absolute atomic E-state index is 12.6. The highest BCUT2D eigenvalue weighted by Crippen LogP contribution is 2.71. The zero-order chi connectivity index (χ0) is 41.8. The molecule has 27 nitrogen and oxygen atoms in total. The monoisotopic (exact) mass is 960 g/mol. The Hall–Kier alpha value is -1.44. The minimum atomic E-state index is -5.91. The van der Waals surface area contributed by atoms with Crippen LogP contribution in [0.3, 0.4) is 0 Å². The molecule has 0 radical (unpaired) electrons. The van der Waals surface area contributed by atoms with Crippen LogP contribution in [0.2, 0.25) is 0 Å².